The van der Waals surface area contributed by atoms with Gasteiger partial charge in [0.1, 0.15) is 12.2 Å². The molecule has 0 unspecified atom stereocenters. The molecular weight excluding hydrogens is 326 g/mol. The third kappa shape index (κ3) is 3.60. The Morgan fingerprint density at radius 1 is 1.23 bits per heavy atom. The molecule has 0 N–H and O–H groups in total. The predicted molar refractivity (Wildman–Crippen MR) is 102 cm³/mol. The van der Waals surface area contributed by atoms with Crippen molar-refractivity contribution in [2.75, 3.05) is 13.6 Å². The van der Waals surface area contributed by atoms with Gasteiger partial charge < -0.3 is 14.4 Å². The van der Waals surface area contributed by atoms with Gasteiger partial charge in [0, 0.05) is 18.5 Å². The van der Waals surface area contributed by atoms with Gasteiger partial charge in [0.05, 0.1) is 11.5 Å². The number of epoxide rings is 1. The Kier molecular flexibility index (Phi) is 5.17. The molecule has 26 heavy (non-hydrogen) atoms. The Bertz CT molecular complexity index is 568. The molecule has 4 nitrogen and oxygen atoms in total. The SMILES string of the molecule is C/C1=C\CC[C@@]2(C)O[C@H]2[C@H]2OC(=O)[C@@H](CN(C)C3CCCCC3)[C@@H]2CC1. The fourth-order valence-corrected chi connectivity index (χ4v) is 5.53. The van der Waals surface area contributed by atoms with E-state index in [1.54, 1.807) is 0 Å². The highest BCUT2D eigenvalue weighted by Gasteiger charge is 2.62. The molecular formula is C22H35NO3. The smallest absolute Gasteiger partial charge is 0.311 e. The molecule has 4 aliphatic rings. The van der Waals surface area contributed by atoms with Crippen LogP contribution < -0.4 is 0 Å². The number of esters is 1. The number of ether oxygens (including phenoxy) is 2. The Hall–Kier alpha value is -0.870. The molecule has 5 atom stereocenters. The highest BCUT2D eigenvalue weighted by molar-refractivity contribution is 5.75. The second-order valence-corrected chi connectivity index (χ2v) is 9.38. The van der Waals surface area contributed by atoms with Crippen LogP contribution >= 0.6 is 0 Å². The third-order valence-electron chi connectivity index (χ3n) is 7.42. The highest BCUT2D eigenvalue weighted by atomic mass is 16.6. The van der Waals surface area contributed by atoms with E-state index in [0.29, 0.717) is 12.0 Å². The van der Waals surface area contributed by atoms with Gasteiger partial charge in [0.2, 0.25) is 0 Å². The number of carbonyl (C=O) groups excluding carboxylic acids is 1. The van der Waals surface area contributed by atoms with Crippen LogP contribution in [0.5, 0.6) is 0 Å². The largest absolute Gasteiger partial charge is 0.459 e. The highest BCUT2D eigenvalue weighted by Crippen LogP contribution is 2.50. The summed E-state index contributed by atoms with van der Waals surface area (Å²) in [6, 6.07) is 0.638. The summed E-state index contributed by atoms with van der Waals surface area (Å²) in [7, 11) is 2.21. The topological polar surface area (TPSA) is 42.1 Å². The van der Waals surface area contributed by atoms with Gasteiger partial charge in [-0.15, -0.1) is 0 Å². The number of allylic oxidation sites excluding steroid dienone is 2. The van der Waals surface area contributed by atoms with E-state index in [-0.39, 0.29) is 29.7 Å². The summed E-state index contributed by atoms with van der Waals surface area (Å²) in [5.41, 5.74) is 1.35. The van der Waals surface area contributed by atoms with Gasteiger partial charge in [-0.1, -0.05) is 30.9 Å². The first-order valence-electron chi connectivity index (χ1n) is 10.7. The van der Waals surface area contributed by atoms with E-state index in [1.807, 2.05) is 0 Å². The van der Waals surface area contributed by atoms with Gasteiger partial charge in [-0.3, -0.25) is 4.79 Å². The first-order valence-corrected chi connectivity index (χ1v) is 10.7. The van der Waals surface area contributed by atoms with Gasteiger partial charge >= 0.3 is 5.97 Å². The Labute approximate surface area is 158 Å². The quantitative estimate of drug-likeness (QED) is 0.431. The Balaban J connectivity index is 1.49. The van der Waals surface area contributed by atoms with E-state index in [0.717, 1.165) is 32.2 Å². The van der Waals surface area contributed by atoms with Gasteiger partial charge in [0.15, 0.2) is 0 Å². The van der Waals surface area contributed by atoms with Crippen molar-refractivity contribution in [3.05, 3.63) is 11.6 Å². The van der Waals surface area contributed by atoms with Crippen LogP contribution in [0.25, 0.3) is 0 Å². The summed E-state index contributed by atoms with van der Waals surface area (Å²) in [6.45, 7) is 5.26. The summed E-state index contributed by atoms with van der Waals surface area (Å²) >= 11 is 0. The zero-order chi connectivity index (χ0) is 18.3. The molecule has 1 saturated carbocycles. The molecule has 0 spiro atoms. The van der Waals surface area contributed by atoms with Gasteiger partial charge in [-0.05, 0) is 59.4 Å². The van der Waals surface area contributed by atoms with Crippen molar-refractivity contribution in [2.24, 2.45) is 11.8 Å². The first-order chi connectivity index (χ1) is 12.5. The minimum absolute atomic E-state index is 0.00704. The molecule has 2 aliphatic heterocycles. The summed E-state index contributed by atoms with van der Waals surface area (Å²) < 4.78 is 12.0. The monoisotopic (exact) mass is 361 g/mol. The number of hydrogen-bond donors (Lipinski definition) is 0. The molecule has 3 fully saturated rings. The van der Waals surface area contributed by atoms with Crippen molar-refractivity contribution in [3.63, 3.8) is 0 Å². The zero-order valence-electron chi connectivity index (χ0n) is 16.7. The molecule has 2 saturated heterocycles. The van der Waals surface area contributed by atoms with Crippen LogP contribution in [0.4, 0.5) is 0 Å². The van der Waals surface area contributed by atoms with E-state index in [1.165, 1.54) is 37.7 Å². The van der Waals surface area contributed by atoms with Crippen LogP contribution in [0, 0.1) is 11.8 Å². The third-order valence-corrected chi connectivity index (χ3v) is 7.42. The molecule has 2 heterocycles. The maximum Gasteiger partial charge on any atom is 0.311 e. The van der Waals surface area contributed by atoms with Gasteiger partial charge in [0.25, 0.3) is 0 Å². The molecule has 0 aromatic carbocycles. The van der Waals surface area contributed by atoms with Crippen molar-refractivity contribution >= 4 is 5.97 Å². The van der Waals surface area contributed by atoms with Gasteiger partial charge in [-0.25, -0.2) is 0 Å². The Morgan fingerprint density at radius 2 is 2.00 bits per heavy atom. The minimum Gasteiger partial charge on any atom is -0.459 e. The molecule has 0 amide bonds. The average Bonchev–Trinajstić information content (AvgIpc) is 3.20. The second-order valence-electron chi connectivity index (χ2n) is 9.38. The lowest BCUT2D eigenvalue weighted by Crippen LogP contribution is -2.40. The molecule has 2 aliphatic carbocycles. The second kappa shape index (κ2) is 7.27. The predicted octanol–water partition coefficient (Wildman–Crippen LogP) is 4.09. The van der Waals surface area contributed by atoms with Crippen LogP contribution in [-0.2, 0) is 14.3 Å². The van der Waals surface area contributed by atoms with Crippen LogP contribution in [0.1, 0.15) is 71.6 Å². The maximum atomic E-state index is 12.8. The lowest BCUT2D eigenvalue weighted by Gasteiger charge is -2.33. The van der Waals surface area contributed by atoms with Crippen molar-refractivity contribution in [1.82, 2.24) is 4.90 Å². The summed E-state index contributed by atoms with van der Waals surface area (Å²) in [4.78, 5) is 15.2. The van der Waals surface area contributed by atoms with Crippen LogP contribution in [0.15, 0.2) is 11.6 Å². The van der Waals surface area contributed by atoms with E-state index in [2.05, 4.69) is 31.9 Å². The molecule has 0 aromatic rings. The van der Waals surface area contributed by atoms with Crippen molar-refractivity contribution in [3.8, 4) is 0 Å². The number of hydrogen-bond acceptors (Lipinski definition) is 4. The maximum absolute atomic E-state index is 12.8. The van der Waals surface area contributed by atoms with Crippen molar-refractivity contribution < 1.29 is 14.3 Å². The number of rotatable bonds is 3. The number of fused-ring (bicyclic) bond motifs is 3. The fraction of sp³-hybridized carbons (Fsp3) is 0.864. The average molecular weight is 362 g/mol. The van der Waals surface area contributed by atoms with Gasteiger partial charge in [-0.2, -0.15) is 0 Å². The van der Waals surface area contributed by atoms with Crippen LogP contribution in [0.3, 0.4) is 0 Å². The Morgan fingerprint density at radius 3 is 2.77 bits per heavy atom. The summed E-state index contributed by atoms with van der Waals surface area (Å²) in [5, 5.41) is 0. The van der Waals surface area contributed by atoms with E-state index >= 15 is 0 Å². The molecule has 4 heteroatoms. The lowest BCUT2D eigenvalue weighted by atomic mass is 9.80. The zero-order valence-corrected chi connectivity index (χ0v) is 16.7. The van der Waals surface area contributed by atoms with E-state index < -0.39 is 0 Å². The van der Waals surface area contributed by atoms with Crippen LogP contribution in [0.2, 0.25) is 0 Å². The first kappa shape index (κ1) is 18.5. The van der Waals surface area contributed by atoms with Crippen molar-refractivity contribution in [2.45, 2.75) is 95.5 Å². The summed E-state index contributed by atoms with van der Waals surface area (Å²) in [6.07, 6.45) is 13.2. The van der Waals surface area contributed by atoms with Crippen molar-refractivity contribution in [1.29, 1.82) is 0 Å². The normalized spacial score (nSPS) is 43.2. The molecule has 4 rings (SSSR count). The standard InChI is InChI=1S/C22H35NO3/c1-15-8-7-13-22(2)20(26-22)19-17(12-11-15)18(21(24)25-19)14-23(3)16-9-5-4-6-10-16/h8,16-20H,4-7,9-14H2,1-3H3/b15-8+/t17-,18-,19-,20-,22+/m0/s1. The van der Waals surface area contributed by atoms with E-state index in [9.17, 15) is 4.79 Å². The van der Waals surface area contributed by atoms with E-state index in [4.69, 9.17) is 9.47 Å². The molecule has 0 aromatic heterocycles. The fourth-order valence-electron chi connectivity index (χ4n) is 5.53. The summed E-state index contributed by atoms with van der Waals surface area (Å²) in [5.74, 6) is 0.316. The minimum atomic E-state index is -0.0958. The molecule has 0 radical (unpaired) electrons. The number of nitrogens with zero attached hydrogens (tertiary/aromatic N) is 1. The molecule has 146 valence electrons. The number of carbonyl (C=O) groups is 1. The molecule has 0 bridgehead atoms. The van der Waals surface area contributed by atoms with Crippen LogP contribution in [-0.4, -0.2) is 48.3 Å². The lowest BCUT2D eigenvalue weighted by molar-refractivity contribution is -0.145.